The van der Waals surface area contributed by atoms with Gasteiger partial charge in [-0.25, -0.2) is 9.98 Å². The Balaban J connectivity index is 1.67. The number of nitrogens with two attached hydrogens (primary N) is 1. The number of nitrogens with zero attached hydrogens (tertiary/aromatic N) is 4. The maximum absolute atomic E-state index is 13.6. The number of guanidine groups is 1. The highest BCUT2D eigenvalue weighted by molar-refractivity contribution is 6.42. The van der Waals surface area contributed by atoms with Crippen molar-refractivity contribution in [2.45, 2.75) is 31.1 Å². The van der Waals surface area contributed by atoms with E-state index >= 15 is 0 Å². The van der Waals surface area contributed by atoms with Crippen LogP contribution in [0.2, 0.25) is 10.0 Å². The van der Waals surface area contributed by atoms with Crippen LogP contribution in [-0.4, -0.2) is 48.7 Å². The highest BCUT2D eigenvalue weighted by Gasteiger charge is 2.40. The van der Waals surface area contributed by atoms with E-state index in [2.05, 4.69) is 10.3 Å². The molecular formula is C23H25Cl2F3N6. The van der Waals surface area contributed by atoms with E-state index in [0.29, 0.717) is 48.4 Å². The van der Waals surface area contributed by atoms with Gasteiger partial charge in [-0.2, -0.15) is 13.2 Å². The van der Waals surface area contributed by atoms with Crippen LogP contribution in [-0.2, 0) is 12.6 Å². The van der Waals surface area contributed by atoms with Crippen LogP contribution in [0.25, 0.3) is 0 Å². The number of aliphatic imine (C=N–C) groups is 1. The molecule has 0 saturated heterocycles. The van der Waals surface area contributed by atoms with Gasteiger partial charge in [-0.15, -0.1) is 0 Å². The first kappa shape index (κ1) is 24.6. The van der Waals surface area contributed by atoms with Crippen molar-refractivity contribution in [1.29, 1.82) is 0 Å². The summed E-state index contributed by atoms with van der Waals surface area (Å²) in [6, 6.07) is 7.68. The van der Waals surface area contributed by atoms with Crippen LogP contribution < -0.4 is 16.0 Å². The standard InChI is InChI=1S/C23H25Cl2F3N6/c1-33(2)21-31-19-8-11-34(20-16(23(26,27)28)4-3-9-30-20)10-7-15(19)22(29,32-21)13-14-5-6-17(24)18(25)12-14/h3-6,9,12H,7-8,10-11,13,29H2,1-2H3,(H,31,32). The lowest BCUT2D eigenvalue weighted by molar-refractivity contribution is -0.137. The average Bonchev–Trinajstić information content (AvgIpc) is 2.99. The van der Waals surface area contributed by atoms with E-state index < -0.39 is 17.4 Å². The molecule has 6 nitrogen and oxygen atoms in total. The van der Waals surface area contributed by atoms with Gasteiger partial charge >= 0.3 is 6.18 Å². The zero-order valence-electron chi connectivity index (χ0n) is 18.8. The molecule has 0 fully saturated rings. The van der Waals surface area contributed by atoms with Gasteiger partial charge in [0.05, 0.1) is 15.6 Å². The molecule has 1 atom stereocenters. The Kier molecular flexibility index (Phi) is 6.72. The van der Waals surface area contributed by atoms with Gasteiger partial charge < -0.3 is 20.9 Å². The minimum atomic E-state index is -4.49. The number of hydrogen-bond acceptors (Lipinski definition) is 6. The van der Waals surface area contributed by atoms with Crippen molar-refractivity contribution in [3.05, 3.63) is 69.0 Å². The summed E-state index contributed by atoms with van der Waals surface area (Å²) < 4.78 is 40.8. The van der Waals surface area contributed by atoms with Crippen LogP contribution in [0.1, 0.15) is 24.0 Å². The summed E-state index contributed by atoms with van der Waals surface area (Å²) in [5.41, 5.74) is 7.66. The molecule has 1 aromatic carbocycles. The van der Waals surface area contributed by atoms with E-state index in [9.17, 15) is 13.2 Å². The van der Waals surface area contributed by atoms with Gasteiger partial charge in [0.1, 0.15) is 11.5 Å². The molecule has 4 rings (SSSR count). The first-order chi connectivity index (χ1) is 16.0. The van der Waals surface area contributed by atoms with Gasteiger partial charge in [0.2, 0.25) is 0 Å². The number of rotatable bonds is 3. The Labute approximate surface area is 206 Å². The Bertz CT molecular complexity index is 1150. The lowest BCUT2D eigenvalue weighted by Gasteiger charge is -2.37. The summed E-state index contributed by atoms with van der Waals surface area (Å²) in [7, 11) is 3.70. The highest BCUT2D eigenvalue weighted by atomic mass is 35.5. The lowest BCUT2D eigenvalue weighted by Crippen LogP contribution is -2.52. The van der Waals surface area contributed by atoms with Crippen LogP contribution in [0.15, 0.2) is 52.8 Å². The Hall–Kier alpha value is -2.49. The fourth-order valence-electron chi connectivity index (χ4n) is 4.34. The normalized spacial score (nSPS) is 20.9. The van der Waals surface area contributed by atoms with Gasteiger partial charge in [0.15, 0.2) is 5.96 Å². The Morgan fingerprint density at radius 3 is 2.56 bits per heavy atom. The van der Waals surface area contributed by atoms with Crippen LogP contribution in [0.5, 0.6) is 0 Å². The first-order valence-electron chi connectivity index (χ1n) is 10.7. The number of alkyl halides is 3. The second kappa shape index (κ2) is 9.28. The molecule has 1 unspecified atom stereocenters. The van der Waals surface area contributed by atoms with Gasteiger partial charge in [0, 0.05) is 51.9 Å². The second-order valence-electron chi connectivity index (χ2n) is 8.62. The molecule has 3 heterocycles. The second-order valence-corrected chi connectivity index (χ2v) is 9.44. The lowest BCUT2D eigenvalue weighted by atomic mass is 9.88. The quantitative estimate of drug-likeness (QED) is 0.624. The number of hydrogen-bond donors (Lipinski definition) is 2. The largest absolute Gasteiger partial charge is 0.419 e. The molecule has 11 heteroatoms. The molecule has 2 aliphatic rings. The third kappa shape index (κ3) is 4.96. The number of anilines is 1. The third-order valence-corrected chi connectivity index (χ3v) is 6.73. The van der Waals surface area contributed by atoms with E-state index in [0.717, 1.165) is 22.9 Å². The Morgan fingerprint density at radius 2 is 1.88 bits per heavy atom. The molecule has 0 spiro atoms. The van der Waals surface area contributed by atoms with Gasteiger partial charge in [-0.05, 0) is 41.8 Å². The number of pyridine rings is 1. The maximum atomic E-state index is 13.6. The number of aromatic nitrogens is 1. The first-order valence-corrected chi connectivity index (χ1v) is 11.5. The molecule has 34 heavy (non-hydrogen) atoms. The number of benzene rings is 1. The van der Waals surface area contributed by atoms with Crippen molar-refractivity contribution < 1.29 is 13.2 Å². The molecule has 0 amide bonds. The van der Waals surface area contributed by atoms with Crippen LogP contribution in [0.3, 0.4) is 0 Å². The smallest absolute Gasteiger partial charge is 0.355 e. The van der Waals surface area contributed by atoms with Crippen molar-refractivity contribution in [2.75, 3.05) is 32.1 Å². The van der Waals surface area contributed by atoms with E-state index in [1.165, 1.54) is 12.3 Å². The topological polar surface area (TPSA) is 69.8 Å². The Morgan fingerprint density at radius 1 is 1.15 bits per heavy atom. The van der Waals surface area contributed by atoms with Crippen molar-refractivity contribution >= 4 is 35.0 Å². The number of nitrogens with one attached hydrogen (secondary N) is 1. The van der Waals surface area contributed by atoms with E-state index in [-0.39, 0.29) is 5.82 Å². The van der Waals surface area contributed by atoms with Crippen LogP contribution >= 0.6 is 23.2 Å². The minimum absolute atomic E-state index is 0.0734. The molecule has 0 radical (unpaired) electrons. The predicted octanol–water partition coefficient (Wildman–Crippen LogP) is 4.68. The summed E-state index contributed by atoms with van der Waals surface area (Å²) in [6.45, 7) is 0.684. The molecular weight excluding hydrogens is 488 g/mol. The fraction of sp³-hybridized carbons (Fsp3) is 0.391. The summed E-state index contributed by atoms with van der Waals surface area (Å²) in [5.74, 6) is 0.513. The van der Waals surface area contributed by atoms with Crippen molar-refractivity contribution in [1.82, 2.24) is 15.2 Å². The van der Waals surface area contributed by atoms with Crippen molar-refractivity contribution in [3.8, 4) is 0 Å². The zero-order valence-corrected chi connectivity index (χ0v) is 20.3. The molecule has 0 saturated carbocycles. The molecule has 182 valence electrons. The van der Waals surface area contributed by atoms with Gasteiger partial charge in [-0.3, -0.25) is 0 Å². The molecule has 2 aliphatic heterocycles. The van der Waals surface area contributed by atoms with E-state index in [4.69, 9.17) is 33.9 Å². The summed E-state index contributed by atoms with van der Waals surface area (Å²) in [5, 5.41) is 4.20. The van der Waals surface area contributed by atoms with Gasteiger partial charge in [0.25, 0.3) is 0 Å². The number of halogens is 5. The summed E-state index contributed by atoms with van der Waals surface area (Å²) in [6.07, 6.45) is -1.85. The SMILES string of the molecule is CN(C)C1=NC(N)(Cc2ccc(Cl)c(Cl)c2)C2=C(CCN(c3ncccc3C(F)(F)F)CC2)N1. The fourth-order valence-corrected chi connectivity index (χ4v) is 4.66. The molecule has 3 N–H and O–H groups in total. The third-order valence-electron chi connectivity index (χ3n) is 5.99. The van der Waals surface area contributed by atoms with E-state index in [1.54, 1.807) is 17.0 Å². The van der Waals surface area contributed by atoms with Crippen molar-refractivity contribution in [3.63, 3.8) is 0 Å². The van der Waals surface area contributed by atoms with Crippen LogP contribution in [0, 0.1) is 0 Å². The van der Waals surface area contributed by atoms with Crippen molar-refractivity contribution in [2.24, 2.45) is 10.7 Å². The average molecular weight is 513 g/mol. The monoisotopic (exact) mass is 512 g/mol. The highest BCUT2D eigenvalue weighted by Crippen LogP contribution is 2.38. The molecule has 0 aliphatic carbocycles. The predicted molar refractivity (Wildman–Crippen MR) is 129 cm³/mol. The molecule has 1 aromatic heterocycles. The zero-order chi connectivity index (χ0) is 24.7. The van der Waals surface area contributed by atoms with Crippen LogP contribution in [0.4, 0.5) is 19.0 Å². The van der Waals surface area contributed by atoms with E-state index in [1.807, 2.05) is 25.1 Å². The summed E-state index contributed by atoms with van der Waals surface area (Å²) >= 11 is 12.3. The minimum Gasteiger partial charge on any atom is -0.355 e. The van der Waals surface area contributed by atoms with Gasteiger partial charge in [-0.1, -0.05) is 29.3 Å². The molecule has 0 bridgehead atoms. The summed E-state index contributed by atoms with van der Waals surface area (Å²) in [4.78, 5) is 12.4. The maximum Gasteiger partial charge on any atom is 0.419 e. The molecule has 2 aromatic rings.